The summed E-state index contributed by atoms with van der Waals surface area (Å²) < 4.78 is 19.0. The predicted molar refractivity (Wildman–Crippen MR) is 167 cm³/mol. The first kappa shape index (κ1) is 31.6. The van der Waals surface area contributed by atoms with Crippen LogP contribution in [-0.2, 0) is 19.0 Å². The molecule has 252 valence electrons. The van der Waals surface area contributed by atoms with E-state index < -0.39 is 18.6 Å². The Labute approximate surface area is 268 Å². The summed E-state index contributed by atoms with van der Waals surface area (Å²) >= 11 is 0. The highest BCUT2D eigenvalue weighted by molar-refractivity contribution is 5.76. The summed E-state index contributed by atoms with van der Waals surface area (Å²) in [4.78, 5) is 38.0. The van der Waals surface area contributed by atoms with Gasteiger partial charge in [-0.2, -0.15) is 0 Å². The first-order chi connectivity index (χ1) is 21.3. The Hall–Kier alpha value is -2.03. The van der Waals surface area contributed by atoms with Crippen LogP contribution in [0.4, 0.5) is 9.59 Å². The molecule has 2 amide bonds. The van der Waals surface area contributed by atoms with Crippen LogP contribution in [0, 0.1) is 57.2 Å². The fraction of sp³-hybridized carbons (Fsp3) is 0.917. The molecule has 0 aromatic carbocycles. The number of fused-ring (bicyclic) bond motifs is 4. The number of carboxylic acids is 1. The Bertz CT molecular complexity index is 1220. The van der Waals surface area contributed by atoms with E-state index in [0.717, 1.165) is 58.0 Å². The molecular weight excluding hydrogens is 572 g/mol. The highest BCUT2D eigenvalue weighted by atomic mass is 16.6. The lowest BCUT2D eigenvalue weighted by Crippen LogP contribution is -2.55. The number of amides is 2. The highest BCUT2D eigenvalue weighted by Gasteiger charge is 2.85. The Kier molecular flexibility index (Phi) is 7.54. The zero-order valence-electron chi connectivity index (χ0n) is 28.3. The molecule has 0 aromatic rings. The van der Waals surface area contributed by atoms with Crippen LogP contribution in [0.2, 0.25) is 0 Å². The van der Waals surface area contributed by atoms with Crippen LogP contribution in [0.25, 0.3) is 0 Å². The molecule has 2 saturated heterocycles. The number of nitrogens with one attached hydrogen (secondary N) is 1. The van der Waals surface area contributed by atoms with Gasteiger partial charge in [0.1, 0.15) is 18.8 Å². The number of carbonyl (C=O) groups is 3. The molecule has 9 nitrogen and oxygen atoms in total. The lowest BCUT2D eigenvalue weighted by Gasteiger charge is -2.59. The SMILES string of the molecule is CC(C)[C@@H](OC(=O)N1CCC1)C1CCC2C(CC3C4CCC5C(C)(C)[C@@H](OC(=O)NCC(=O)O)CCC56[C@@H](C)[C@@]46CC[C@]23C)O1. The number of likely N-dealkylation sites (tertiary alicyclic amines) is 1. The molecular formula is C36H56N2O7. The maximum atomic E-state index is 12.8. The van der Waals surface area contributed by atoms with Crippen molar-refractivity contribution < 1.29 is 33.7 Å². The Balaban J connectivity index is 1.07. The minimum absolute atomic E-state index is 0.0279. The van der Waals surface area contributed by atoms with E-state index in [4.69, 9.17) is 19.3 Å². The lowest BCUT2D eigenvalue weighted by atomic mass is 9.46. The van der Waals surface area contributed by atoms with Crippen molar-refractivity contribution >= 4 is 18.2 Å². The third kappa shape index (κ3) is 4.43. The van der Waals surface area contributed by atoms with Crippen molar-refractivity contribution in [1.82, 2.24) is 10.2 Å². The van der Waals surface area contributed by atoms with Gasteiger partial charge in [-0.15, -0.1) is 0 Å². The number of alkyl carbamates (subject to hydrolysis) is 1. The van der Waals surface area contributed by atoms with Crippen molar-refractivity contribution in [3.63, 3.8) is 0 Å². The van der Waals surface area contributed by atoms with Gasteiger partial charge in [-0.3, -0.25) is 4.79 Å². The van der Waals surface area contributed by atoms with Gasteiger partial charge in [0.05, 0.1) is 12.2 Å². The van der Waals surface area contributed by atoms with Crippen molar-refractivity contribution in [3.8, 4) is 0 Å². The molecule has 2 spiro atoms. The molecule has 9 heteroatoms. The molecule has 0 aromatic heterocycles. The normalized spacial score (nSPS) is 46.2. The summed E-state index contributed by atoms with van der Waals surface area (Å²) in [5, 5.41) is 11.4. The quantitative estimate of drug-likeness (QED) is 0.346. The smallest absolute Gasteiger partial charge is 0.410 e. The van der Waals surface area contributed by atoms with E-state index in [2.05, 4.69) is 46.9 Å². The summed E-state index contributed by atoms with van der Waals surface area (Å²) in [6.07, 6.45) is 10.2. The van der Waals surface area contributed by atoms with Crippen LogP contribution in [-0.4, -0.2) is 72.2 Å². The Morgan fingerprint density at radius 3 is 2.36 bits per heavy atom. The molecule has 2 N–H and O–H groups in total. The van der Waals surface area contributed by atoms with Crippen LogP contribution in [0.3, 0.4) is 0 Å². The van der Waals surface area contributed by atoms with Crippen LogP contribution >= 0.6 is 0 Å². The summed E-state index contributed by atoms with van der Waals surface area (Å²) in [6, 6.07) is 0. The predicted octanol–water partition coefficient (Wildman–Crippen LogP) is 6.49. The number of aliphatic carboxylic acids is 1. The van der Waals surface area contributed by atoms with Crippen molar-refractivity contribution in [2.45, 2.75) is 130 Å². The largest absolute Gasteiger partial charge is 0.480 e. The first-order valence-corrected chi connectivity index (χ1v) is 18.0. The van der Waals surface area contributed by atoms with E-state index in [1.807, 2.05) is 4.90 Å². The molecule has 5 aliphatic carbocycles. The third-order valence-corrected chi connectivity index (χ3v) is 15.2. The molecule has 12 atom stereocenters. The average Bonchev–Trinajstić information content (AvgIpc) is 3.33. The topological polar surface area (TPSA) is 114 Å². The first-order valence-electron chi connectivity index (χ1n) is 18.0. The van der Waals surface area contributed by atoms with E-state index in [1.165, 1.54) is 19.3 Å². The van der Waals surface area contributed by atoms with Crippen molar-refractivity contribution in [2.24, 2.45) is 57.2 Å². The van der Waals surface area contributed by atoms with E-state index in [1.54, 1.807) is 0 Å². The number of carbonyl (C=O) groups excluding carboxylic acids is 2. The maximum Gasteiger partial charge on any atom is 0.410 e. The molecule has 0 bridgehead atoms. The van der Waals surface area contributed by atoms with Crippen LogP contribution in [0.1, 0.15) is 106 Å². The van der Waals surface area contributed by atoms with E-state index in [-0.39, 0.29) is 41.8 Å². The number of rotatable bonds is 6. The van der Waals surface area contributed by atoms with E-state index in [0.29, 0.717) is 45.8 Å². The Morgan fingerprint density at radius 1 is 0.956 bits per heavy atom. The monoisotopic (exact) mass is 628 g/mol. The second-order valence-corrected chi connectivity index (χ2v) is 17.2. The van der Waals surface area contributed by atoms with Gasteiger partial charge < -0.3 is 29.5 Å². The summed E-state index contributed by atoms with van der Waals surface area (Å²) in [7, 11) is 0. The van der Waals surface area contributed by atoms with Gasteiger partial charge >= 0.3 is 18.2 Å². The van der Waals surface area contributed by atoms with E-state index >= 15 is 0 Å². The van der Waals surface area contributed by atoms with Gasteiger partial charge in [-0.1, -0.05) is 41.5 Å². The van der Waals surface area contributed by atoms with Crippen LogP contribution in [0.5, 0.6) is 0 Å². The van der Waals surface area contributed by atoms with Gasteiger partial charge in [0.2, 0.25) is 0 Å². The number of hydrogen-bond donors (Lipinski definition) is 2. The fourth-order valence-electron chi connectivity index (χ4n) is 13.1. The number of nitrogens with zero attached hydrogens (tertiary/aromatic N) is 1. The number of hydrogen-bond acceptors (Lipinski definition) is 6. The van der Waals surface area contributed by atoms with Crippen molar-refractivity contribution in [2.75, 3.05) is 19.6 Å². The van der Waals surface area contributed by atoms with Crippen LogP contribution < -0.4 is 5.32 Å². The summed E-state index contributed by atoms with van der Waals surface area (Å²) in [5.74, 6) is 2.23. The van der Waals surface area contributed by atoms with E-state index in [9.17, 15) is 14.4 Å². The third-order valence-electron chi connectivity index (χ3n) is 15.2. The van der Waals surface area contributed by atoms with Crippen molar-refractivity contribution in [3.05, 3.63) is 0 Å². The van der Waals surface area contributed by atoms with Gasteiger partial charge in [0, 0.05) is 18.5 Å². The molecule has 7 aliphatic rings. The summed E-state index contributed by atoms with van der Waals surface area (Å²) in [5.41, 5.74) is 0.778. The second-order valence-electron chi connectivity index (χ2n) is 17.2. The molecule has 45 heavy (non-hydrogen) atoms. The molecule has 7 unspecified atom stereocenters. The second kappa shape index (κ2) is 10.7. The fourth-order valence-corrected chi connectivity index (χ4v) is 13.1. The number of ether oxygens (including phenoxy) is 3. The average molecular weight is 629 g/mol. The molecule has 5 saturated carbocycles. The molecule has 2 heterocycles. The zero-order chi connectivity index (χ0) is 32.1. The zero-order valence-corrected chi connectivity index (χ0v) is 28.3. The minimum atomic E-state index is -1.07. The van der Waals surface area contributed by atoms with Crippen molar-refractivity contribution in [1.29, 1.82) is 0 Å². The standard InChI is InChI=1S/C36H56N2O7/c1-20(2)30(45-32(42)38-16-7-17-38)25-10-8-23-26(43-25)18-24-22-9-11-27-33(4,5)28(44-31(41)37-19-29(39)40)12-13-36(27)21(3)35(22,36)15-14-34(23,24)6/h20-28,30H,7-19H2,1-6H3,(H,37,41)(H,39,40)/t21-,22?,23?,24?,25?,26?,27?,28-,30+,34+,35-,36?/m0/s1. The molecule has 0 radical (unpaired) electrons. The number of carboxylic acid groups (broad SMARTS) is 1. The molecule has 2 aliphatic heterocycles. The van der Waals surface area contributed by atoms with Gasteiger partial charge in [-0.05, 0) is 116 Å². The van der Waals surface area contributed by atoms with Gasteiger partial charge in [-0.25, -0.2) is 9.59 Å². The highest BCUT2D eigenvalue weighted by Crippen LogP contribution is 2.89. The lowest BCUT2D eigenvalue weighted by molar-refractivity contribution is -0.151. The van der Waals surface area contributed by atoms with Gasteiger partial charge in [0.25, 0.3) is 0 Å². The Morgan fingerprint density at radius 2 is 1.69 bits per heavy atom. The maximum absolute atomic E-state index is 12.8. The summed E-state index contributed by atoms with van der Waals surface area (Å²) in [6.45, 7) is 15.2. The van der Waals surface area contributed by atoms with Gasteiger partial charge in [0.15, 0.2) is 0 Å². The molecule has 7 rings (SSSR count). The minimum Gasteiger partial charge on any atom is -0.480 e. The van der Waals surface area contributed by atoms with Crippen LogP contribution in [0.15, 0.2) is 0 Å². The molecule has 7 fully saturated rings.